The van der Waals surface area contributed by atoms with Crippen LogP contribution in [0.5, 0.6) is 0 Å². The number of piperazine rings is 1. The molecule has 1 aliphatic heterocycles. The topological polar surface area (TPSA) is 63.0 Å². The monoisotopic (exact) mass is 439 g/mol. The van der Waals surface area contributed by atoms with E-state index in [1.807, 2.05) is 46.7 Å². The van der Waals surface area contributed by atoms with Crippen LogP contribution in [-0.2, 0) is 6.54 Å². The molecule has 0 bridgehead atoms. The lowest BCUT2D eigenvalue weighted by atomic mass is 10.1. The fourth-order valence-corrected chi connectivity index (χ4v) is 4.70. The normalized spacial score (nSPS) is 15.8. The van der Waals surface area contributed by atoms with Crippen LogP contribution in [0.3, 0.4) is 0 Å². The summed E-state index contributed by atoms with van der Waals surface area (Å²) in [6, 6.07) is 9.91. The molecule has 1 aliphatic rings. The molecule has 154 valence electrons. The molecule has 7 nitrogen and oxygen atoms in total. The first-order chi connectivity index (χ1) is 14.7. The van der Waals surface area contributed by atoms with Crippen LogP contribution in [0.4, 0.5) is 0 Å². The zero-order chi connectivity index (χ0) is 20.5. The molecule has 0 saturated carbocycles. The highest BCUT2D eigenvalue weighted by molar-refractivity contribution is 7.13. The smallest absolute Gasteiger partial charge is 0.182 e. The number of aromatic nitrogens is 5. The summed E-state index contributed by atoms with van der Waals surface area (Å²) < 4.78 is 1.94. The van der Waals surface area contributed by atoms with Gasteiger partial charge in [-0.3, -0.25) is 9.88 Å². The maximum Gasteiger partial charge on any atom is 0.182 e. The third kappa shape index (κ3) is 3.72. The van der Waals surface area contributed by atoms with Crippen LogP contribution in [0.15, 0.2) is 42.0 Å². The number of thiazole rings is 1. The van der Waals surface area contributed by atoms with Gasteiger partial charge < -0.3 is 4.90 Å². The summed E-state index contributed by atoms with van der Waals surface area (Å²) in [7, 11) is 2.17. The van der Waals surface area contributed by atoms with Crippen LogP contribution in [-0.4, -0.2) is 74.5 Å². The highest BCUT2D eigenvalue weighted by atomic mass is 35.5. The number of hydrogen-bond acceptors (Lipinski definition) is 7. The maximum atomic E-state index is 6.89. The van der Waals surface area contributed by atoms with Gasteiger partial charge in [-0.25, -0.2) is 4.68 Å². The molecule has 1 aromatic carbocycles. The summed E-state index contributed by atoms with van der Waals surface area (Å²) >= 11 is 8.44. The fraction of sp³-hybridized carbons (Fsp3) is 0.333. The van der Waals surface area contributed by atoms with Crippen molar-refractivity contribution in [3.05, 3.63) is 47.1 Å². The molecular formula is C21H22ClN7S. The first-order valence-electron chi connectivity index (χ1n) is 9.98. The summed E-state index contributed by atoms with van der Waals surface area (Å²) in [5, 5.41) is 15.3. The van der Waals surface area contributed by atoms with E-state index >= 15 is 0 Å². The van der Waals surface area contributed by atoms with Gasteiger partial charge in [-0.2, -0.15) is 5.10 Å². The van der Waals surface area contributed by atoms with E-state index in [1.165, 1.54) is 0 Å². The number of likely N-dealkylation sites (N-methyl/N-ethyl adjacent to an activating group) is 1. The van der Waals surface area contributed by atoms with E-state index < -0.39 is 0 Å². The van der Waals surface area contributed by atoms with Gasteiger partial charge in [0.2, 0.25) is 0 Å². The number of fused-ring (bicyclic) bond motifs is 1. The summed E-state index contributed by atoms with van der Waals surface area (Å²) in [4.78, 5) is 10.0. The third-order valence-electron chi connectivity index (χ3n) is 5.53. The van der Waals surface area contributed by atoms with E-state index in [0.717, 1.165) is 66.4 Å². The molecule has 1 fully saturated rings. The Labute approximate surface area is 183 Å². The SMILES string of the molecule is CN1CCN(CCn2nc(-c3cncs3)c3c(Cl)c(-c4ccccc4)nnc32)CC1. The van der Waals surface area contributed by atoms with Crippen molar-refractivity contribution in [3.8, 4) is 21.8 Å². The Morgan fingerprint density at radius 2 is 1.80 bits per heavy atom. The summed E-state index contributed by atoms with van der Waals surface area (Å²) in [6.45, 7) is 6.00. The van der Waals surface area contributed by atoms with Gasteiger partial charge in [-0.15, -0.1) is 21.5 Å². The minimum Gasteiger partial charge on any atom is -0.304 e. The second-order valence-electron chi connectivity index (χ2n) is 7.51. The minimum absolute atomic E-state index is 0.584. The highest BCUT2D eigenvalue weighted by Crippen LogP contribution is 2.38. The van der Waals surface area contributed by atoms with Crippen molar-refractivity contribution in [2.45, 2.75) is 6.54 Å². The molecule has 0 atom stereocenters. The van der Waals surface area contributed by atoms with Crippen molar-refractivity contribution in [3.63, 3.8) is 0 Å². The van der Waals surface area contributed by atoms with E-state index in [4.69, 9.17) is 16.7 Å². The Morgan fingerprint density at radius 3 is 2.53 bits per heavy atom. The lowest BCUT2D eigenvalue weighted by Gasteiger charge is -2.32. The third-order valence-corrected chi connectivity index (χ3v) is 6.68. The van der Waals surface area contributed by atoms with Crippen LogP contribution in [0, 0.1) is 0 Å². The first-order valence-corrected chi connectivity index (χ1v) is 11.2. The van der Waals surface area contributed by atoms with Crippen LogP contribution < -0.4 is 0 Å². The lowest BCUT2D eigenvalue weighted by Crippen LogP contribution is -2.45. The van der Waals surface area contributed by atoms with Crippen molar-refractivity contribution in [1.82, 2.24) is 34.8 Å². The molecule has 4 heterocycles. The van der Waals surface area contributed by atoms with Gasteiger partial charge in [-0.05, 0) is 7.05 Å². The molecule has 4 aromatic rings. The standard InChI is InChI=1S/C21H22ClN7S/c1-27-7-9-28(10-8-27)11-12-29-21-17(20(26-29)16-13-23-14-30-16)18(22)19(24-25-21)15-5-3-2-4-6-15/h2-6,13-14H,7-12H2,1H3. The molecule has 30 heavy (non-hydrogen) atoms. The fourth-order valence-electron chi connectivity index (χ4n) is 3.77. The Balaban J connectivity index is 1.54. The number of benzene rings is 1. The Kier molecular flexibility index (Phi) is 5.47. The quantitative estimate of drug-likeness (QED) is 0.474. The zero-order valence-corrected chi connectivity index (χ0v) is 18.3. The highest BCUT2D eigenvalue weighted by Gasteiger charge is 2.22. The number of nitrogens with zero attached hydrogens (tertiary/aromatic N) is 7. The summed E-state index contributed by atoms with van der Waals surface area (Å²) in [6.07, 6.45) is 1.83. The molecule has 5 rings (SSSR count). The molecule has 9 heteroatoms. The van der Waals surface area contributed by atoms with Gasteiger partial charge in [0.05, 0.1) is 27.3 Å². The molecular weight excluding hydrogens is 418 g/mol. The zero-order valence-electron chi connectivity index (χ0n) is 16.7. The van der Waals surface area contributed by atoms with Gasteiger partial charge in [-0.1, -0.05) is 41.9 Å². The minimum atomic E-state index is 0.584. The van der Waals surface area contributed by atoms with Crippen molar-refractivity contribution in [2.75, 3.05) is 39.8 Å². The Morgan fingerprint density at radius 1 is 1.00 bits per heavy atom. The Bertz CT molecular complexity index is 1140. The van der Waals surface area contributed by atoms with Gasteiger partial charge >= 0.3 is 0 Å². The number of rotatable bonds is 5. The van der Waals surface area contributed by atoms with Gasteiger partial charge in [0.1, 0.15) is 11.4 Å². The Hall–Kier alpha value is -2.39. The first kappa shape index (κ1) is 19.6. The average Bonchev–Trinajstić information content (AvgIpc) is 3.43. The summed E-state index contributed by atoms with van der Waals surface area (Å²) in [5.41, 5.74) is 4.97. The van der Waals surface area contributed by atoms with Gasteiger partial charge in [0.15, 0.2) is 5.65 Å². The van der Waals surface area contributed by atoms with E-state index in [-0.39, 0.29) is 0 Å². The van der Waals surface area contributed by atoms with Crippen molar-refractivity contribution < 1.29 is 0 Å². The molecule has 0 radical (unpaired) electrons. The predicted octanol–water partition coefficient (Wildman–Crippen LogP) is 3.52. The second kappa shape index (κ2) is 8.39. The molecule has 0 unspecified atom stereocenters. The molecule has 1 saturated heterocycles. The van der Waals surface area contributed by atoms with E-state index in [2.05, 4.69) is 32.0 Å². The van der Waals surface area contributed by atoms with Crippen molar-refractivity contribution in [1.29, 1.82) is 0 Å². The second-order valence-corrected chi connectivity index (χ2v) is 8.77. The molecule has 3 aromatic heterocycles. The van der Waals surface area contributed by atoms with Gasteiger partial charge in [0, 0.05) is 44.5 Å². The molecule has 0 amide bonds. The largest absolute Gasteiger partial charge is 0.304 e. The van der Waals surface area contributed by atoms with Crippen LogP contribution in [0.25, 0.3) is 32.9 Å². The van der Waals surface area contributed by atoms with Crippen LogP contribution in [0.1, 0.15) is 0 Å². The molecule has 0 N–H and O–H groups in total. The van der Waals surface area contributed by atoms with Crippen molar-refractivity contribution in [2.24, 2.45) is 0 Å². The van der Waals surface area contributed by atoms with E-state index in [1.54, 1.807) is 11.3 Å². The molecule has 0 aliphatic carbocycles. The van der Waals surface area contributed by atoms with Crippen LogP contribution in [0.2, 0.25) is 5.02 Å². The maximum absolute atomic E-state index is 6.89. The molecule has 0 spiro atoms. The van der Waals surface area contributed by atoms with E-state index in [0.29, 0.717) is 10.7 Å². The van der Waals surface area contributed by atoms with E-state index in [9.17, 15) is 0 Å². The van der Waals surface area contributed by atoms with Gasteiger partial charge in [0.25, 0.3) is 0 Å². The van der Waals surface area contributed by atoms with Crippen molar-refractivity contribution >= 4 is 34.0 Å². The number of hydrogen-bond donors (Lipinski definition) is 0. The average molecular weight is 440 g/mol. The lowest BCUT2D eigenvalue weighted by molar-refractivity contribution is 0.149. The predicted molar refractivity (Wildman–Crippen MR) is 121 cm³/mol. The van der Waals surface area contributed by atoms with Crippen LogP contribution >= 0.6 is 22.9 Å². The number of halogens is 1. The summed E-state index contributed by atoms with van der Waals surface area (Å²) in [5.74, 6) is 0.